The zero-order valence-electron chi connectivity index (χ0n) is 18.9. The lowest BCUT2D eigenvalue weighted by molar-refractivity contribution is 0.0601. The second-order valence-electron chi connectivity index (χ2n) is 8.58. The highest BCUT2D eigenvalue weighted by atomic mass is 32.2. The molecule has 0 radical (unpaired) electrons. The molecule has 0 saturated heterocycles. The summed E-state index contributed by atoms with van der Waals surface area (Å²) in [6.45, 7) is 4.89. The third kappa shape index (κ3) is 4.45. The van der Waals surface area contributed by atoms with Gasteiger partial charge in [-0.2, -0.15) is 0 Å². The summed E-state index contributed by atoms with van der Waals surface area (Å²) in [5.74, 6) is -0.329. The van der Waals surface area contributed by atoms with Crippen molar-refractivity contribution >= 4 is 26.9 Å². The summed E-state index contributed by atoms with van der Waals surface area (Å²) in [6.07, 6.45) is 4.98. The maximum Gasteiger partial charge on any atom is 0.337 e. The molecule has 1 heterocycles. The number of fused-ring (bicyclic) bond motifs is 3. The van der Waals surface area contributed by atoms with Gasteiger partial charge in [0.15, 0.2) is 0 Å². The second-order valence-corrected chi connectivity index (χ2v) is 10.3. The van der Waals surface area contributed by atoms with Gasteiger partial charge in [-0.05, 0) is 93.0 Å². The molecule has 3 aromatic rings. The number of sulfonamides is 1. The van der Waals surface area contributed by atoms with Crippen LogP contribution in [0.5, 0.6) is 0 Å². The van der Waals surface area contributed by atoms with Crippen molar-refractivity contribution < 1.29 is 17.9 Å². The number of aryl methyl sites for hydroxylation is 4. The first kappa shape index (κ1) is 22.6. The summed E-state index contributed by atoms with van der Waals surface area (Å²) in [7, 11) is -2.14. The van der Waals surface area contributed by atoms with Gasteiger partial charge < -0.3 is 9.30 Å². The number of methoxy groups -OCH3 is 1. The van der Waals surface area contributed by atoms with Gasteiger partial charge in [-0.15, -0.1) is 0 Å². The number of nitrogens with zero attached hydrogens (tertiary/aromatic N) is 1. The molecule has 1 N–H and O–H groups in total. The van der Waals surface area contributed by atoms with E-state index in [0.29, 0.717) is 23.4 Å². The highest BCUT2D eigenvalue weighted by molar-refractivity contribution is 7.89. The Morgan fingerprint density at radius 1 is 1.06 bits per heavy atom. The van der Waals surface area contributed by atoms with Crippen LogP contribution in [0, 0.1) is 13.8 Å². The lowest BCUT2D eigenvalue weighted by Crippen LogP contribution is -2.26. The van der Waals surface area contributed by atoms with E-state index in [4.69, 9.17) is 4.74 Å². The van der Waals surface area contributed by atoms with Crippen LogP contribution in [0.3, 0.4) is 0 Å². The Morgan fingerprint density at radius 3 is 2.50 bits per heavy atom. The molecule has 1 aromatic heterocycles. The van der Waals surface area contributed by atoms with Gasteiger partial charge in [-0.3, -0.25) is 0 Å². The Kier molecular flexibility index (Phi) is 6.40. The molecule has 2 aromatic carbocycles. The van der Waals surface area contributed by atoms with Crippen molar-refractivity contribution in [2.24, 2.45) is 0 Å². The first-order valence-electron chi connectivity index (χ1n) is 11.1. The van der Waals surface area contributed by atoms with Crippen LogP contribution in [0.1, 0.15) is 52.0 Å². The van der Waals surface area contributed by atoms with E-state index in [1.165, 1.54) is 18.4 Å². The Hall–Kier alpha value is -2.64. The maximum absolute atomic E-state index is 12.7. The number of nitrogens with one attached hydrogen (secondary N) is 1. The molecule has 0 saturated carbocycles. The molecule has 170 valence electrons. The van der Waals surface area contributed by atoms with Crippen LogP contribution < -0.4 is 4.72 Å². The molecule has 0 aliphatic heterocycles. The van der Waals surface area contributed by atoms with Crippen LogP contribution in [-0.4, -0.2) is 32.6 Å². The quantitative estimate of drug-likeness (QED) is 0.427. The van der Waals surface area contributed by atoms with E-state index in [9.17, 15) is 13.2 Å². The number of hydrogen-bond acceptors (Lipinski definition) is 4. The van der Waals surface area contributed by atoms with Crippen LogP contribution in [0.25, 0.3) is 10.9 Å². The van der Waals surface area contributed by atoms with Gasteiger partial charge in [0, 0.05) is 29.7 Å². The molecule has 6 nitrogen and oxygen atoms in total. The predicted octanol–water partition coefficient (Wildman–Crippen LogP) is 4.29. The Balaban J connectivity index is 1.52. The molecule has 0 fully saturated rings. The fourth-order valence-corrected chi connectivity index (χ4v) is 6.01. The van der Waals surface area contributed by atoms with E-state index in [0.717, 1.165) is 54.3 Å². The summed E-state index contributed by atoms with van der Waals surface area (Å²) in [5, 5.41) is 1.11. The highest BCUT2D eigenvalue weighted by Gasteiger charge is 2.21. The first-order chi connectivity index (χ1) is 15.3. The van der Waals surface area contributed by atoms with Gasteiger partial charge in [0.2, 0.25) is 10.0 Å². The van der Waals surface area contributed by atoms with E-state index in [1.54, 1.807) is 18.2 Å². The molecule has 0 spiro atoms. The van der Waals surface area contributed by atoms with Gasteiger partial charge in [0.25, 0.3) is 0 Å². The smallest absolute Gasteiger partial charge is 0.337 e. The van der Waals surface area contributed by atoms with Gasteiger partial charge in [-0.25, -0.2) is 17.9 Å². The Morgan fingerprint density at radius 2 is 1.78 bits per heavy atom. The summed E-state index contributed by atoms with van der Waals surface area (Å²) < 4.78 is 35.4. The average molecular weight is 455 g/mol. The van der Waals surface area contributed by atoms with Crippen molar-refractivity contribution in [1.82, 2.24) is 9.29 Å². The van der Waals surface area contributed by atoms with Crippen molar-refractivity contribution in [3.8, 4) is 0 Å². The number of aromatic nitrogens is 1. The molecule has 0 atom stereocenters. The number of rotatable bonds is 7. The summed E-state index contributed by atoms with van der Waals surface area (Å²) in [5.41, 5.74) is 6.15. The molecule has 0 bridgehead atoms. The van der Waals surface area contributed by atoms with Crippen molar-refractivity contribution in [2.45, 2.75) is 57.4 Å². The summed E-state index contributed by atoms with van der Waals surface area (Å²) in [4.78, 5) is 12.3. The Labute approximate surface area is 189 Å². The maximum atomic E-state index is 12.7. The fraction of sp³-hybridized carbons (Fsp3) is 0.400. The van der Waals surface area contributed by atoms with E-state index in [2.05, 4.69) is 9.29 Å². The van der Waals surface area contributed by atoms with Crippen molar-refractivity contribution in [3.63, 3.8) is 0 Å². The first-order valence-corrected chi connectivity index (χ1v) is 12.6. The van der Waals surface area contributed by atoms with E-state index in [-0.39, 0.29) is 5.97 Å². The standard InChI is InChI=1S/C25H30N2O4S/c1-17-13-18(2)15-20(14-17)32(29,30)26-11-6-12-27-23-8-5-4-7-21(23)22-16-19(25(28)31-3)9-10-24(22)27/h9-10,13-16,26H,4-8,11-12H2,1-3H3. The topological polar surface area (TPSA) is 77.4 Å². The summed E-state index contributed by atoms with van der Waals surface area (Å²) >= 11 is 0. The zero-order chi connectivity index (χ0) is 22.9. The largest absolute Gasteiger partial charge is 0.465 e. The van der Waals surface area contributed by atoms with Crippen molar-refractivity contribution in [3.05, 3.63) is 64.3 Å². The number of carbonyl (C=O) groups excluding carboxylic acids is 1. The van der Waals surface area contributed by atoms with E-state index in [1.807, 2.05) is 32.0 Å². The second kappa shape index (κ2) is 9.08. The number of benzene rings is 2. The molecule has 4 rings (SSSR count). The molecule has 32 heavy (non-hydrogen) atoms. The third-order valence-electron chi connectivity index (χ3n) is 6.15. The number of carbonyl (C=O) groups is 1. The van der Waals surface area contributed by atoms with Crippen LogP contribution >= 0.6 is 0 Å². The number of ether oxygens (including phenoxy) is 1. The molecule has 0 unspecified atom stereocenters. The summed E-state index contributed by atoms with van der Waals surface area (Å²) in [6, 6.07) is 11.1. The predicted molar refractivity (Wildman–Crippen MR) is 126 cm³/mol. The van der Waals surface area contributed by atoms with Crippen molar-refractivity contribution in [1.29, 1.82) is 0 Å². The minimum Gasteiger partial charge on any atom is -0.465 e. The lowest BCUT2D eigenvalue weighted by Gasteiger charge is -2.16. The zero-order valence-corrected chi connectivity index (χ0v) is 19.7. The minimum atomic E-state index is -3.53. The van der Waals surface area contributed by atoms with E-state index >= 15 is 0 Å². The SMILES string of the molecule is COC(=O)c1ccc2c(c1)c1c(n2CCCNS(=O)(=O)c2cc(C)cc(C)c2)CCCC1. The van der Waals surface area contributed by atoms with Crippen LogP contribution in [0.4, 0.5) is 0 Å². The van der Waals surface area contributed by atoms with Crippen LogP contribution in [0.15, 0.2) is 41.3 Å². The molecular weight excluding hydrogens is 424 g/mol. The Bertz CT molecular complexity index is 1250. The monoisotopic (exact) mass is 454 g/mol. The fourth-order valence-electron chi connectivity index (χ4n) is 4.75. The molecular formula is C25H30N2O4S. The van der Waals surface area contributed by atoms with Crippen molar-refractivity contribution in [2.75, 3.05) is 13.7 Å². The lowest BCUT2D eigenvalue weighted by atomic mass is 9.95. The molecule has 1 aliphatic rings. The number of hydrogen-bond donors (Lipinski definition) is 1. The van der Waals surface area contributed by atoms with Crippen LogP contribution in [-0.2, 0) is 34.1 Å². The van der Waals surface area contributed by atoms with Crippen LogP contribution in [0.2, 0.25) is 0 Å². The minimum absolute atomic E-state index is 0.314. The van der Waals surface area contributed by atoms with Gasteiger partial charge in [0.05, 0.1) is 17.6 Å². The van der Waals surface area contributed by atoms with Gasteiger partial charge >= 0.3 is 5.97 Å². The molecule has 1 aliphatic carbocycles. The van der Waals surface area contributed by atoms with Gasteiger partial charge in [0.1, 0.15) is 0 Å². The molecule has 0 amide bonds. The highest BCUT2D eigenvalue weighted by Crippen LogP contribution is 2.33. The normalized spacial score (nSPS) is 13.8. The average Bonchev–Trinajstić information content (AvgIpc) is 3.08. The molecule has 7 heteroatoms. The van der Waals surface area contributed by atoms with Gasteiger partial charge in [-0.1, -0.05) is 6.07 Å². The van der Waals surface area contributed by atoms with E-state index < -0.39 is 10.0 Å². The number of esters is 1. The third-order valence-corrected chi connectivity index (χ3v) is 7.59.